The van der Waals surface area contributed by atoms with Crippen molar-refractivity contribution in [3.63, 3.8) is 0 Å². The number of carbonyl (C=O) groups is 1. The van der Waals surface area contributed by atoms with Gasteiger partial charge in [-0.05, 0) is 107 Å². The quantitative estimate of drug-likeness (QED) is 0.340. The molecular formula is C37H51N3O3. The smallest absolute Gasteiger partial charge is 0.337 e. The minimum absolute atomic E-state index is 0.272. The van der Waals surface area contributed by atoms with E-state index in [-0.39, 0.29) is 5.41 Å². The number of carboxylic acid groups (broad SMARTS) is 1. The molecule has 1 aromatic heterocycles. The Labute approximate surface area is 258 Å². The average Bonchev–Trinajstić information content (AvgIpc) is 3.54. The number of carboxylic acids is 1. The number of nitrogens with zero attached hydrogens (tertiary/aromatic N) is 3. The molecule has 4 aliphatic rings. The maximum absolute atomic E-state index is 12.8. The van der Waals surface area contributed by atoms with Crippen LogP contribution >= 0.6 is 0 Å². The number of anilines is 1. The molecule has 6 heteroatoms. The maximum atomic E-state index is 12.8. The highest BCUT2D eigenvalue weighted by Crippen LogP contribution is 2.46. The number of hydrogen-bond donors (Lipinski definition) is 1. The van der Waals surface area contributed by atoms with Gasteiger partial charge in [0.15, 0.2) is 6.10 Å². The van der Waals surface area contributed by atoms with Crippen molar-refractivity contribution in [3.05, 3.63) is 58.4 Å². The number of ether oxygens (including phenoxy) is 1. The van der Waals surface area contributed by atoms with Crippen LogP contribution in [0, 0.1) is 37.0 Å². The Balaban J connectivity index is 1.37. The van der Waals surface area contributed by atoms with Gasteiger partial charge in [0.05, 0.1) is 11.3 Å². The van der Waals surface area contributed by atoms with Gasteiger partial charge in [-0.15, -0.1) is 0 Å². The molecule has 2 fully saturated rings. The highest BCUT2D eigenvalue weighted by Gasteiger charge is 2.38. The molecule has 1 saturated carbocycles. The second kappa shape index (κ2) is 11.3. The summed E-state index contributed by atoms with van der Waals surface area (Å²) in [5, 5.41) is 10.5. The predicted octanol–water partition coefficient (Wildman–Crippen LogP) is 7.50. The highest BCUT2D eigenvalue weighted by molar-refractivity contribution is 5.88. The molecule has 4 atom stereocenters. The zero-order valence-electron chi connectivity index (χ0n) is 27.4. The van der Waals surface area contributed by atoms with Crippen molar-refractivity contribution >= 4 is 11.7 Å². The SMILES string of the molecule is Cc1nc(C)c([C@H](OC(C)(C)C)C(=O)O)c(N2CCC(C)(C)CC2)c1-c1ccc2c(c1)CCN(C[C@H]1C[C@H]3C=C[C@@H]1C3)C2. The molecule has 0 unspecified atom stereocenters. The first-order valence-corrected chi connectivity index (χ1v) is 16.5. The van der Waals surface area contributed by atoms with Crippen LogP contribution in [0.25, 0.3) is 11.1 Å². The highest BCUT2D eigenvalue weighted by atomic mass is 16.5. The van der Waals surface area contributed by atoms with Gasteiger partial charge in [0.2, 0.25) is 0 Å². The minimum atomic E-state index is -1.09. The van der Waals surface area contributed by atoms with Crippen molar-refractivity contribution in [2.45, 2.75) is 98.8 Å². The third kappa shape index (κ3) is 6.28. The van der Waals surface area contributed by atoms with Crippen molar-refractivity contribution in [1.29, 1.82) is 0 Å². The number of hydrogen-bond acceptors (Lipinski definition) is 5. The van der Waals surface area contributed by atoms with Crippen LogP contribution < -0.4 is 4.90 Å². The Bertz CT molecular complexity index is 1410. The molecule has 2 bridgehead atoms. The lowest BCUT2D eigenvalue weighted by Crippen LogP contribution is -2.39. The first-order chi connectivity index (χ1) is 20.3. The Kier molecular flexibility index (Phi) is 8.00. The summed E-state index contributed by atoms with van der Waals surface area (Å²) < 4.78 is 6.27. The number of fused-ring (bicyclic) bond motifs is 3. The molecule has 1 saturated heterocycles. The van der Waals surface area contributed by atoms with Gasteiger partial charge in [0, 0.05) is 55.2 Å². The molecule has 43 heavy (non-hydrogen) atoms. The third-order valence-corrected chi connectivity index (χ3v) is 10.5. The van der Waals surface area contributed by atoms with Crippen LogP contribution in [0.1, 0.15) is 94.5 Å². The van der Waals surface area contributed by atoms with Crippen LogP contribution in [0.15, 0.2) is 30.4 Å². The van der Waals surface area contributed by atoms with Crippen molar-refractivity contribution in [2.24, 2.45) is 23.2 Å². The Morgan fingerprint density at radius 1 is 1.07 bits per heavy atom. The lowest BCUT2D eigenvalue weighted by atomic mass is 9.81. The van der Waals surface area contributed by atoms with Crippen molar-refractivity contribution in [1.82, 2.24) is 9.88 Å². The molecule has 2 aromatic rings. The van der Waals surface area contributed by atoms with Crippen LogP contribution in [-0.4, -0.2) is 52.7 Å². The number of piperidine rings is 1. The summed E-state index contributed by atoms with van der Waals surface area (Å²) in [4.78, 5) is 22.9. The van der Waals surface area contributed by atoms with E-state index in [1.807, 2.05) is 27.7 Å². The summed E-state index contributed by atoms with van der Waals surface area (Å²) in [6.45, 7) is 19.5. The van der Waals surface area contributed by atoms with Gasteiger partial charge < -0.3 is 14.7 Å². The van der Waals surface area contributed by atoms with Crippen LogP contribution in [0.4, 0.5) is 5.69 Å². The average molecular weight is 586 g/mol. The van der Waals surface area contributed by atoms with E-state index in [0.29, 0.717) is 5.56 Å². The predicted molar refractivity (Wildman–Crippen MR) is 173 cm³/mol. The summed E-state index contributed by atoms with van der Waals surface area (Å²) in [5.41, 5.74) is 8.07. The molecule has 6 nitrogen and oxygen atoms in total. The van der Waals surface area contributed by atoms with E-state index in [4.69, 9.17) is 9.72 Å². The van der Waals surface area contributed by atoms with Gasteiger partial charge in [-0.3, -0.25) is 9.88 Å². The van der Waals surface area contributed by atoms with E-state index in [9.17, 15) is 9.90 Å². The van der Waals surface area contributed by atoms with Gasteiger partial charge in [0.25, 0.3) is 0 Å². The van der Waals surface area contributed by atoms with E-state index in [2.05, 4.69) is 60.9 Å². The summed E-state index contributed by atoms with van der Waals surface area (Å²) in [7, 11) is 0. The second-order valence-electron chi connectivity index (χ2n) is 15.5. The fourth-order valence-corrected chi connectivity index (χ4v) is 8.11. The largest absolute Gasteiger partial charge is 0.479 e. The molecule has 0 radical (unpaired) electrons. The van der Waals surface area contributed by atoms with Crippen molar-refractivity contribution < 1.29 is 14.6 Å². The second-order valence-corrected chi connectivity index (χ2v) is 15.5. The number of rotatable bonds is 7. The first-order valence-electron chi connectivity index (χ1n) is 16.5. The maximum Gasteiger partial charge on any atom is 0.337 e. The van der Waals surface area contributed by atoms with Crippen LogP contribution in [0.2, 0.25) is 0 Å². The molecule has 0 amide bonds. The summed E-state index contributed by atoms with van der Waals surface area (Å²) in [6.07, 6.45) is 9.70. The van der Waals surface area contributed by atoms with Crippen LogP contribution in [-0.2, 0) is 22.5 Å². The molecule has 1 N–H and O–H groups in total. The summed E-state index contributed by atoms with van der Waals surface area (Å²) in [5.74, 6) is 1.45. The van der Waals surface area contributed by atoms with Gasteiger partial charge in [-0.1, -0.05) is 44.2 Å². The number of aromatic nitrogens is 1. The van der Waals surface area contributed by atoms with Gasteiger partial charge in [-0.25, -0.2) is 4.79 Å². The lowest BCUT2D eigenvalue weighted by molar-refractivity contribution is -0.160. The van der Waals surface area contributed by atoms with Crippen LogP contribution in [0.3, 0.4) is 0 Å². The van der Waals surface area contributed by atoms with E-state index >= 15 is 0 Å². The number of aryl methyl sites for hydroxylation is 2. The van der Waals surface area contributed by atoms with Gasteiger partial charge in [0.1, 0.15) is 0 Å². The minimum Gasteiger partial charge on any atom is -0.479 e. The number of benzene rings is 1. The molecule has 3 heterocycles. The molecule has 6 rings (SSSR count). The topological polar surface area (TPSA) is 65.9 Å². The number of pyridine rings is 1. The summed E-state index contributed by atoms with van der Waals surface area (Å²) in [6, 6.07) is 6.94. The first kappa shape index (κ1) is 30.3. The molecule has 1 aromatic carbocycles. The Hall–Kier alpha value is -2.70. The Morgan fingerprint density at radius 2 is 1.81 bits per heavy atom. The lowest BCUT2D eigenvalue weighted by Gasteiger charge is -2.41. The number of aliphatic carboxylic acids is 1. The standard InChI is InChI=1S/C37H51N3O3/c1-23-31(28-10-11-29-21-39(15-12-27(29)20-28)22-30-19-25-8-9-26(30)18-25)33(40-16-13-37(6,7)14-17-40)32(24(2)38-23)34(35(41)42)43-36(3,4)5/h8-11,20,25-26,30,34H,12-19,21-22H2,1-7H3,(H,41,42)/t25-,26+,30+,34-/m0/s1. The van der Waals surface area contributed by atoms with Crippen molar-refractivity contribution in [2.75, 3.05) is 31.1 Å². The molecule has 0 spiro atoms. The fraction of sp³-hybridized carbons (Fsp3) is 0.622. The third-order valence-electron chi connectivity index (χ3n) is 10.5. The zero-order chi connectivity index (χ0) is 30.7. The zero-order valence-corrected chi connectivity index (χ0v) is 27.4. The normalized spacial score (nSPS) is 25.7. The van der Waals surface area contributed by atoms with E-state index in [0.717, 1.165) is 91.4 Å². The van der Waals surface area contributed by atoms with Crippen molar-refractivity contribution in [3.8, 4) is 11.1 Å². The van der Waals surface area contributed by atoms with Crippen LogP contribution in [0.5, 0.6) is 0 Å². The molecular weight excluding hydrogens is 534 g/mol. The Morgan fingerprint density at radius 3 is 2.44 bits per heavy atom. The van der Waals surface area contributed by atoms with E-state index < -0.39 is 17.7 Å². The fourth-order valence-electron chi connectivity index (χ4n) is 8.11. The van der Waals surface area contributed by atoms with E-state index in [1.165, 1.54) is 30.5 Å². The monoisotopic (exact) mass is 585 g/mol. The molecule has 2 aliphatic heterocycles. The molecule has 2 aliphatic carbocycles. The molecule has 232 valence electrons. The number of allylic oxidation sites excluding steroid dienone is 2. The van der Waals surface area contributed by atoms with Gasteiger partial charge in [-0.2, -0.15) is 0 Å². The summed E-state index contributed by atoms with van der Waals surface area (Å²) >= 11 is 0. The van der Waals surface area contributed by atoms with E-state index in [1.54, 1.807) is 0 Å². The van der Waals surface area contributed by atoms with Gasteiger partial charge >= 0.3 is 5.97 Å².